The first-order valence-corrected chi connectivity index (χ1v) is 8.07. The minimum absolute atomic E-state index is 0.198. The molecule has 1 aliphatic heterocycles. The zero-order valence-corrected chi connectivity index (χ0v) is 13.1. The van der Waals surface area contributed by atoms with Crippen LogP contribution in [0.1, 0.15) is 44.0 Å². The van der Waals surface area contributed by atoms with Crippen molar-refractivity contribution in [1.82, 2.24) is 9.97 Å². The molecule has 1 N–H and O–H groups in total. The first kappa shape index (κ1) is 15.3. The van der Waals surface area contributed by atoms with E-state index in [1.807, 2.05) is 6.07 Å². The Morgan fingerprint density at radius 2 is 2.14 bits per heavy atom. The third kappa shape index (κ3) is 3.59. The molecule has 2 aromatic heterocycles. The summed E-state index contributed by atoms with van der Waals surface area (Å²) in [5, 5.41) is 10.9. The number of aliphatic hydroxyl groups is 1. The number of hydrogen-bond acceptors (Lipinski definition) is 5. The molecule has 118 valence electrons. The average molecular weight is 322 g/mol. The molecule has 0 saturated carbocycles. The van der Waals surface area contributed by atoms with Gasteiger partial charge in [-0.15, -0.1) is 0 Å². The molecule has 0 aromatic carbocycles. The van der Waals surface area contributed by atoms with E-state index in [4.69, 9.17) is 16.0 Å². The quantitative estimate of drug-likeness (QED) is 0.932. The summed E-state index contributed by atoms with van der Waals surface area (Å²) in [6.45, 7) is 0.900. The summed E-state index contributed by atoms with van der Waals surface area (Å²) in [6.07, 6.45) is 9.31. The Kier molecular flexibility index (Phi) is 4.95. The SMILES string of the molecule is OC(CC1CCCCCN1c1ncc(Cl)cn1)c1ccco1. The number of anilines is 1. The van der Waals surface area contributed by atoms with Crippen LogP contribution >= 0.6 is 11.6 Å². The molecule has 6 heteroatoms. The highest BCUT2D eigenvalue weighted by molar-refractivity contribution is 6.30. The Hall–Kier alpha value is -1.59. The van der Waals surface area contributed by atoms with Crippen LogP contribution in [0.15, 0.2) is 35.2 Å². The molecule has 3 heterocycles. The highest BCUT2D eigenvalue weighted by atomic mass is 35.5. The lowest BCUT2D eigenvalue weighted by atomic mass is 10.0. The van der Waals surface area contributed by atoms with Crippen molar-refractivity contribution in [3.8, 4) is 0 Å². The molecule has 2 aromatic rings. The molecule has 0 amide bonds. The monoisotopic (exact) mass is 321 g/mol. The van der Waals surface area contributed by atoms with Gasteiger partial charge in [0, 0.05) is 19.0 Å². The Morgan fingerprint density at radius 1 is 1.32 bits per heavy atom. The van der Waals surface area contributed by atoms with E-state index in [-0.39, 0.29) is 6.04 Å². The van der Waals surface area contributed by atoms with Crippen molar-refractivity contribution in [3.63, 3.8) is 0 Å². The molecule has 3 rings (SSSR count). The predicted octanol–water partition coefficient (Wildman–Crippen LogP) is 3.60. The second-order valence-electron chi connectivity index (χ2n) is 5.66. The van der Waals surface area contributed by atoms with Gasteiger partial charge in [-0.1, -0.05) is 24.4 Å². The molecule has 5 nitrogen and oxygen atoms in total. The van der Waals surface area contributed by atoms with Gasteiger partial charge in [-0.2, -0.15) is 0 Å². The van der Waals surface area contributed by atoms with Crippen LogP contribution in [-0.2, 0) is 0 Å². The van der Waals surface area contributed by atoms with E-state index in [2.05, 4.69) is 14.9 Å². The molecule has 1 fully saturated rings. The van der Waals surface area contributed by atoms with Gasteiger partial charge < -0.3 is 14.4 Å². The van der Waals surface area contributed by atoms with Gasteiger partial charge in [0.15, 0.2) is 0 Å². The van der Waals surface area contributed by atoms with Crippen molar-refractivity contribution >= 4 is 17.5 Å². The summed E-state index contributed by atoms with van der Waals surface area (Å²) < 4.78 is 5.31. The largest absolute Gasteiger partial charge is 0.467 e. The van der Waals surface area contributed by atoms with Crippen molar-refractivity contribution < 1.29 is 9.52 Å². The van der Waals surface area contributed by atoms with Crippen molar-refractivity contribution in [2.75, 3.05) is 11.4 Å². The number of aromatic nitrogens is 2. The lowest BCUT2D eigenvalue weighted by molar-refractivity contribution is 0.129. The van der Waals surface area contributed by atoms with Crippen LogP contribution < -0.4 is 4.90 Å². The van der Waals surface area contributed by atoms with Crippen LogP contribution in [0.2, 0.25) is 5.02 Å². The Balaban J connectivity index is 1.77. The van der Waals surface area contributed by atoms with Gasteiger partial charge in [0.2, 0.25) is 5.95 Å². The van der Waals surface area contributed by atoms with Crippen LogP contribution in [0.5, 0.6) is 0 Å². The summed E-state index contributed by atoms with van der Waals surface area (Å²) in [7, 11) is 0. The van der Waals surface area contributed by atoms with Crippen LogP contribution in [0.25, 0.3) is 0 Å². The van der Waals surface area contributed by atoms with E-state index in [1.54, 1.807) is 24.7 Å². The molecule has 22 heavy (non-hydrogen) atoms. The number of furan rings is 1. The third-order valence-electron chi connectivity index (χ3n) is 4.11. The van der Waals surface area contributed by atoms with Crippen molar-refractivity contribution in [2.24, 2.45) is 0 Å². The molecule has 0 aliphatic carbocycles. The first-order valence-electron chi connectivity index (χ1n) is 7.69. The molecule has 1 saturated heterocycles. The predicted molar refractivity (Wildman–Crippen MR) is 84.9 cm³/mol. The van der Waals surface area contributed by atoms with E-state index in [0.717, 1.165) is 25.8 Å². The number of aliphatic hydroxyl groups excluding tert-OH is 1. The summed E-state index contributed by atoms with van der Waals surface area (Å²) in [5.74, 6) is 1.30. The Bertz CT molecular complexity index is 574. The fourth-order valence-corrected chi connectivity index (χ4v) is 3.09. The summed E-state index contributed by atoms with van der Waals surface area (Å²) >= 11 is 5.88. The second-order valence-corrected chi connectivity index (χ2v) is 6.10. The zero-order chi connectivity index (χ0) is 15.4. The summed E-state index contributed by atoms with van der Waals surface area (Å²) in [6, 6.07) is 3.81. The molecule has 0 bridgehead atoms. The van der Waals surface area contributed by atoms with Crippen molar-refractivity contribution in [1.29, 1.82) is 0 Å². The molecule has 1 aliphatic rings. The standard InChI is InChI=1S/C16H20ClN3O2/c17-12-10-18-16(19-11-12)20-7-3-1-2-5-13(20)9-14(21)15-6-4-8-22-15/h4,6,8,10-11,13-14,21H,1-3,5,7,9H2. The second kappa shape index (κ2) is 7.11. The minimum atomic E-state index is -0.604. The first-order chi connectivity index (χ1) is 10.7. The molecule has 2 unspecified atom stereocenters. The Morgan fingerprint density at radius 3 is 2.86 bits per heavy atom. The molecule has 2 atom stereocenters. The van der Waals surface area contributed by atoms with Gasteiger partial charge in [-0.3, -0.25) is 0 Å². The van der Waals surface area contributed by atoms with Crippen molar-refractivity contribution in [3.05, 3.63) is 41.6 Å². The maximum absolute atomic E-state index is 10.4. The zero-order valence-electron chi connectivity index (χ0n) is 12.4. The van der Waals surface area contributed by atoms with Gasteiger partial charge in [0.1, 0.15) is 11.9 Å². The van der Waals surface area contributed by atoms with Crippen LogP contribution in [0, 0.1) is 0 Å². The minimum Gasteiger partial charge on any atom is -0.467 e. The fourth-order valence-electron chi connectivity index (χ4n) is 2.99. The molecule has 0 spiro atoms. The molecule has 0 radical (unpaired) electrons. The van der Waals surface area contributed by atoms with Crippen molar-refractivity contribution in [2.45, 2.75) is 44.2 Å². The number of nitrogens with zero attached hydrogens (tertiary/aromatic N) is 3. The maximum atomic E-state index is 10.4. The van der Waals surface area contributed by atoms with E-state index in [0.29, 0.717) is 23.2 Å². The van der Waals surface area contributed by atoms with E-state index in [9.17, 15) is 5.11 Å². The third-order valence-corrected chi connectivity index (χ3v) is 4.30. The van der Waals surface area contributed by atoms with Gasteiger partial charge >= 0.3 is 0 Å². The summed E-state index contributed by atoms with van der Waals surface area (Å²) in [5.41, 5.74) is 0. The van der Waals surface area contributed by atoms with Crippen LogP contribution in [0.3, 0.4) is 0 Å². The van der Waals surface area contributed by atoms with Gasteiger partial charge in [0.05, 0.1) is 23.7 Å². The van der Waals surface area contributed by atoms with Crippen LogP contribution in [-0.4, -0.2) is 27.7 Å². The van der Waals surface area contributed by atoms with Gasteiger partial charge in [-0.25, -0.2) is 9.97 Å². The lowest BCUT2D eigenvalue weighted by Gasteiger charge is -2.31. The Labute approximate surface area is 134 Å². The average Bonchev–Trinajstić information content (AvgIpc) is 2.97. The lowest BCUT2D eigenvalue weighted by Crippen LogP contribution is -2.37. The number of halogens is 1. The van der Waals surface area contributed by atoms with E-state index in [1.165, 1.54) is 6.42 Å². The number of rotatable bonds is 4. The maximum Gasteiger partial charge on any atom is 0.225 e. The summed E-state index contributed by atoms with van der Waals surface area (Å²) in [4.78, 5) is 10.9. The molecular weight excluding hydrogens is 302 g/mol. The normalized spacial score (nSPS) is 20.6. The van der Waals surface area contributed by atoms with Gasteiger partial charge in [-0.05, 0) is 25.0 Å². The smallest absolute Gasteiger partial charge is 0.225 e. The highest BCUT2D eigenvalue weighted by Crippen LogP contribution is 2.28. The van der Waals surface area contributed by atoms with Crippen LogP contribution in [0.4, 0.5) is 5.95 Å². The topological polar surface area (TPSA) is 62.4 Å². The van der Waals surface area contributed by atoms with Gasteiger partial charge in [0.25, 0.3) is 0 Å². The number of hydrogen-bond donors (Lipinski definition) is 1. The van der Waals surface area contributed by atoms with E-state index < -0.39 is 6.10 Å². The van der Waals surface area contributed by atoms with E-state index >= 15 is 0 Å². The fraction of sp³-hybridized carbons (Fsp3) is 0.500. The highest BCUT2D eigenvalue weighted by Gasteiger charge is 2.26. The molecular formula is C16H20ClN3O2.